The van der Waals surface area contributed by atoms with Crippen LogP contribution in [-0.2, 0) is 14.4 Å². The van der Waals surface area contributed by atoms with Crippen molar-refractivity contribution in [1.29, 1.82) is 0 Å². The van der Waals surface area contributed by atoms with Gasteiger partial charge in [0.25, 0.3) is 5.91 Å². The highest BCUT2D eigenvalue weighted by Crippen LogP contribution is 2.48. The maximum atomic E-state index is 14.8. The second kappa shape index (κ2) is 7.07. The third-order valence-electron chi connectivity index (χ3n) is 5.64. The molecule has 3 aromatic carbocycles. The number of hydrogen-bond donors (Lipinski definition) is 0. The fourth-order valence-corrected chi connectivity index (χ4v) is 4.19. The number of amides is 2. The number of rotatable bonds is 3. The van der Waals surface area contributed by atoms with Crippen LogP contribution < -0.4 is 9.96 Å². The van der Waals surface area contributed by atoms with Crippen LogP contribution in [0.2, 0.25) is 0 Å². The molecular formula is C24H19FN2O3. The summed E-state index contributed by atoms with van der Waals surface area (Å²) in [6.07, 6.45) is -1.01. The van der Waals surface area contributed by atoms with E-state index in [-0.39, 0.29) is 5.91 Å². The Morgan fingerprint density at radius 1 is 0.800 bits per heavy atom. The van der Waals surface area contributed by atoms with E-state index in [9.17, 15) is 14.0 Å². The van der Waals surface area contributed by atoms with Crippen LogP contribution in [0.3, 0.4) is 0 Å². The summed E-state index contributed by atoms with van der Waals surface area (Å²) in [4.78, 5) is 33.8. The number of carbonyl (C=O) groups is 2. The molecule has 0 aliphatic carbocycles. The molecule has 30 heavy (non-hydrogen) atoms. The van der Waals surface area contributed by atoms with Crippen LogP contribution in [-0.4, -0.2) is 17.9 Å². The van der Waals surface area contributed by atoms with Gasteiger partial charge >= 0.3 is 0 Å². The molecule has 0 bridgehead atoms. The van der Waals surface area contributed by atoms with Crippen molar-refractivity contribution in [3.8, 4) is 0 Å². The molecular weight excluding hydrogens is 383 g/mol. The number of benzene rings is 3. The number of fused-ring (bicyclic) bond motifs is 1. The summed E-state index contributed by atoms with van der Waals surface area (Å²) in [5, 5.41) is 1.50. The highest BCUT2D eigenvalue weighted by atomic mass is 19.1. The first kappa shape index (κ1) is 18.5. The van der Waals surface area contributed by atoms with Crippen LogP contribution in [0.4, 0.5) is 15.8 Å². The second-order valence-corrected chi connectivity index (χ2v) is 7.53. The van der Waals surface area contributed by atoms with Gasteiger partial charge in [0.1, 0.15) is 11.7 Å². The Kier molecular flexibility index (Phi) is 4.37. The summed E-state index contributed by atoms with van der Waals surface area (Å²) in [5.74, 6) is -2.12. The largest absolute Gasteiger partial charge is 0.273 e. The molecule has 2 saturated heterocycles. The zero-order valence-electron chi connectivity index (χ0n) is 16.2. The molecule has 5 nitrogen and oxygen atoms in total. The quantitative estimate of drug-likeness (QED) is 0.617. The van der Waals surface area contributed by atoms with Crippen LogP contribution in [0.25, 0.3) is 0 Å². The molecule has 2 fully saturated rings. The minimum atomic E-state index is -1.01. The van der Waals surface area contributed by atoms with Gasteiger partial charge in [-0.2, -0.15) is 0 Å². The van der Waals surface area contributed by atoms with Gasteiger partial charge in [-0.15, -0.1) is 0 Å². The van der Waals surface area contributed by atoms with Crippen LogP contribution in [0.15, 0.2) is 78.9 Å². The Balaban J connectivity index is 1.60. The van der Waals surface area contributed by atoms with E-state index in [2.05, 4.69) is 0 Å². The highest BCUT2D eigenvalue weighted by Gasteiger charge is 2.60. The predicted molar refractivity (Wildman–Crippen MR) is 110 cm³/mol. The molecule has 0 saturated carbocycles. The molecule has 3 atom stereocenters. The number of hydroxylamine groups is 1. The molecule has 5 rings (SSSR count). The lowest BCUT2D eigenvalue weighted by molar-refractivity contribution is -0.126. The normalized spacial score (nSPS) is 23.2. The number of nitrogens with zero attached hydrogens (tertiary/aromatic N) is 2. The van der Waals surface area contributed by atoms with Gasteiger partial charge in [-0.25, -0.2) is 14.4 Å². The Morgan fingerprint density at radius 3 is 2.17 bits per heavy atom. The molecule has 0 spiro atoms. The highest BCUT2D eigenvalue weighted by molar-refractivity contribution is 6.23. The Morgan fingerprint density at radius 2 is 1.47 bits per heavy atom. The zero-order valence-corrected chi connectivity index (χ0v) is 16.2. The van der Waals surface area contributed by atoms with Crippen molar-refractivity contribution in [2.24, 2.45) is 5.92 Å². The van der Waals surface area contributed by atoms with Crippen molar-refractivity contribution in [1.82, 2.24) is 0 Å². The van der Waals surface area contributed by atoms with Crippen LogP contribution in [0.5, 0.6) is 0 Å². The third kappa shape index (κ3) is 2.80. The molecule has 2 aliphatic heterocycles. The molecule has 150 valence electrons. The van der Waals surface area contributed by atoms with Crippen molar-refractivity contribution in [2.45, 2.75) is 19.1 Å². The van der Waals surface area contributed by atoms with Gasteiger partial charge in [-0.3, -0.25) is 14.4 Å². The van der Waals surface area contributed by atoms with Gasteiger partial charge in [-0.1, -0.05) is 54.1 Å². The van der Waals surface area contributed by atoms with Crippen molar-refractivity contribution >= 4 is 23.2 Å². The first-order valence-electron chi connectivity index (χ1n) is 9.76. The van der Waals surface area contributed by atoms with E-state index in [1.165, 1.54) is 11.1 Å². The van der Waals surface area contributed by atoms with Gasteiger partial charge in [0, 0.05) is 5.56 Å². The van der Waals surface area contributed by atoms with Gasteiger partial charge < -0.3 is 0 Å². The lowest BCUT2D eigenvalue weighted by Crippen LogP contribution is -2.37. The van der Waals surface area contributed by atoms with Crippen molar-refractivity contribution in [3.05, 3.63) is 95.8 Å². The molecule has 2 heterocycles. The monoisotopic (exact) mass is 402 g/mol. The summed E-state index contributed by atoms with van der Waals surface area (Å²) < 4.78 is 14.8. The SMILES string of the molecule is Cc1ccc(N2C(=O)[C@@H]3[C@@H](c4ccccc4F)N(c4ccccc4)O[C@H]3C2=O)cc1. The minimum absolute atomic E-state index is 0.320. The van der Waals surface area contributed by atoms with Gasteiger partial charge in [0.05, 0.1) is 17.4 Å². The molecule has 0 N–H and O–H groups in total. The molecule has 3 aromatic rings. The summed E-state index contributed by atoms with van der Waals surface area (Å²) >= 11 is 0. The number of anilines is 2. The maximum absolute atomic E-state index is 14.8. The average molecular weight is 402 g/mol. The number of halogens is 1. The number of aryl methyl sites for hydroxylation is 1. The van der Waals surface area contributed by atoms with Gasteiger partial charge in [0.15, 0.2) is 6.10 Å². The predicted octanol–water partition coefficient (Wildman–Crippen LogP) is 4.19. The third-order valence-corrected chi connectivity index (χ3v) is 5.64. The molecule has 2 amide bonds. The lowest BCUT2D eigenvalue weighted by Gasteiger charge is -2.29. The molecule has 0 unspecified atom stereocenters. The number of para-hydroxylation sites is 1. The number of hydrogen-bond acceptors (Lipinski definition) is 4. The number of imide groups is 1. The summed E-state index contributed by atoms with van der Waals surface area (Å²) in [5.41, 5.74) is 2.49. The molecule has 0 radical (unpaired) electrons. The minimum Gasteiger partial charge on any atom is -0.273 e. The van der Waals surface area contributed by atoms with E-state index in [1.54, 1.807) is 30.3 Å². The Hall–Kier alpha value is -3.51. The maximum Gasteiger partial charge on any atom is 0.266 e. The van der Waals surface area contributed by atoms with E-state index >= 15 is 0 Å². The molecule has 2 aliphatic rings. The van der Waals surface area contributed by atoms with E-state index in [1.807, 2.05) is 49.4 Å². The standard InChI is InChI=1S/C24H19FN2O3/c1-15-11-13-16(14-12-15)26-23(28)20-21(18-9-5-6-10-19(18)25)27(30-22(20)24(26)29)17-7-3-2-4-8-17/h2-14,20-22H,1H3/t20-,21-,22-/m1/s1. The average Bonchev–Trinajstić information content (AvgIpc) is 3.26. The van der Waals surface area contributed by atoms with Gasteiger partial charge in [-0.05, 0) is 37.3 Å². The zero-order chi connectivity index (χ0) is 20.8. The lowest BCUT2D eigenvalue weighted by atomic mass is 9.90. The summed E-state index contributed by atoms with van der Waals surface area (Å²) in [6.45, 7) is 1.93. The molecule has 6 heteroatoms. The van der Waals surface area contributed by atoms with E-state index in [0.717, 1.165) is 10.5 Å². The Bertz CT molecular complexity index is 1120. The van der Waals surface area contributed by atoms with E-state index < -0.39 is 29.8 Å². The van der Waals surface area contributed by atoms with Crippen molar-refractivity contribution in [3.63, 3.8) is 0 Å². The molecule has 0 aromatic heterocycles. The summed E-state index contributed by atoms with van der Waals surface area (Å²) in [6, 6.07) is 21.8. The van der Waals surface area contributed by atoms with E-state index in [4.69, 9.17) is 4.84 Å². The van der Waals surface area contributed by atoms with Gasteiger partial charge in [0.2, 0.25) is 5.91 Å². The smallest absolute Gasteiger partial charge is 0.266 e. The van der Waals surface area contributed by atoms with Crippen molar-refractivity contribution < 1.29 is 18.8 Å². The van der Waals surface area contributed by atoms with Crippen LogP contribution >= 0.6 is 0 Å². The first-order chi connectivity index (χ1) is 14.6. The van der Waals surface area contributed by atoms with Crippen LogP contribution in [0, 0.1) is 18.7 Å². The summed E-state index contributed by atoms with van der Waals surface area (Å²) in [7, 11) is 0. The number of carbonyl (C=O) groups excluding carboxylic acids is 2. The topological polar surface area (TPSA) is 49.9 Å². The van der Waals surface area contributed by atoms with Crippen molar-refractivity contribution in [2.75, 3.05) is 9.96 Å². The Labute approximate surface area is 173 Å². The first-order valence-corrected chi connectivity index (χ1v) is 9.76. The fourth-order valence-electron chi connectivity index (χ4n) is 4.19. The van der Waals surface area contributed by atoms with Crippen LogP contribution in [0.1, 0.15) is 17.2 Å². The second-order valence-electron chi connectivity index (χ2n) is 7.53. The fraction of sp³-hybridized carbons (Fsp3) is 0.167. The van der Waals surface area contributed by atoms with E-state index in [0.29, 0.717) is 16.9 Å².